The summed E-state index contributed by atoms with van der Waals surface area (Å²) in [6.07, 6.45) is 3.47. The number of fused-ring (bicyclic) bond motifs is 2. The number of nitrogens with zero attached hydrogens (tertiary/aromatic N) is 1. The standard InChI is InChI=1S/C21H29NO4/c1-20(2,3)26-19(24)22-16-10-11-17(22)14-21(13-16,18(23)25-4)12-15-8-6-5-7-9-15/h5-9,16-17H,10-14H2,1-4H3/t16-,17+,21?. The molecular formula is C21H29NO4. The summed E-state index contributed by atoms with van der Waals surface area (Å²) in [4.78, 5) is 27.3. The lowest BCUT2D eigenvalue weighted by Gasteiger charge is -2.45. The topological polar surface area (TPSA) is 55.8 Å². The number of hydrogen-bond donors (Lipinski definition) is 0. The average Bonchev–Trinajstić information content (AvgIpc) is 2.85. The molecule has 2 saturated heterocycles. The molecule has 2 bridgehead atoms. The van der Waals surface area contributed by atoms with E-state index in [9.17, 15) is 9.59 Å². The summed E-state index contributed by atoms with van der Waals surface area (Å²) < 4.78 is 10.8. The fourth-order valence-corrected chi connectivity index (χ4v) is 4.55. The van der Waals surface area contributed by atoms with Crippen LogP contribution in [0.3, 0.4) is 0 Å². The van der Waals surface area contributed by atoms with Crippen molar-refractivity contribution < 1.29 is 19.1 Å². The lowest BCUT2D eigenvalue weighted by atomic mass is 9.71. The summed E-state index contributed by atoms with van der Waals surface area (Å²) >= 11 is 0. The molecule has 0 N–H and O–H groups in total. The van der Waals surface area contributed by atoms with Crippen LogP contribution in [0.4, 0.5) is 4.79 Å². The number of carbonyl (C=O) groups excluding carboxylic acids is 2. The van der Waals surface area contributed by atoms with Crippen LogP contribution < -0.4 is 0 Å². The number of hydrogen-bond acceptors (Lipinski definition) is 4. The van der Waals surface area contributed by atoms with Gasteiger partial charge in [-0.1, -0.05) is 30.3 Å². The Morgan fingerprint density at radius 2 is 1.69 bits per heavy atom. The second kappa shape index (κ2) is 6.93. The van der Waals surface area contributed by atoms with E-state index in [0.29, 0.717) is 19.3 Å². The molecule has 0 spiro atoms. The van der Waals surface area contributed by atoms with Gasteiger partial charge in [-0.15, -0.1) is 0 Å². The number of methoxy groups -OCH3 is 1. The van der Waals surface area contributed by atoms with Crippen LogP contribution in [0, 0.1) is 5.41 Å². The molecule has 0 radical (unpaired) electrons. The molecule has 1 unspecified atom stereocenters. The SMILES string of the molecule is COC(=O)C1(Cc2ccccc2)C[C@H]2CC[C@@H](C1)N2C(=O)OC(C)(C)C. The van der Waals surface area contributed by atoms with Gasteiger partial charge in [-0.3, -0.25) is 4.79 Å². The highest BCUT2D eigenvalue weighted by Crippen LogP contribution is 2.48. The van der Waals surface area contributed by atoms with Gasteiger partial charge in [-0.2, -0.15) is 0 Å². The van der Waals surface area contributed by atoms with E-state index in [1.165, 1.54) is 7.11 Å². The number of esters is 1. The molecule has 5 heteroatoms. The summed E-state index contributed by atoms with van der Waals surface area (Å²) in [6, 6.07) is 10.1. The zero-order chi connectivity index (χ0) is 18.9. The third-order valence-electron chi connectivity index (χ3n) is 5.48. The molecule has 1 aromatic carbocycles. The Balaban J connectivity index is 1.83. The third kappa shape index (κ3) is 3.71. The first-order valence-electron chi connectivity index (χ1n) is 9.38. The van der Waals surface area contributed by atoms with Gasteiger partial charge in [0.05, 0.1) is 12.5 Å². The van der Waals surface area contributed by atoms with Gasteiger partial charge in [0.25, 0.3) is 0 Å². The fraction of sp³-hybridized carbons (Fsp3) is 0.619. The second-order valence-corrected chi connectivity index (χ2v) is 8.62. The Bertz CT molecular complexity index is 650. The van der Waals surface area contributed by atoms with E-state index < -0.39 is 11.0 Å². The van der Waals surface area contributed by atoms with Crippen molar-refractivity contribution in [3.8, 4) is 0 Å². The van der Waals surface area contributed by atoms with Crippen molar-refractivity contribution in [2.24, 2.45) is 5.41 Å². The molecule has 26 heavy (non-hydrogen) atoms. The van der Waals surface area contributed by atoms with Crippen LogP contribution in [-0.4, -0.2) is 41.8 Å². The Kier molecular flexibility index (Phi) is 5.00. The predicted molar refractivity (Wildman–Crippen MR) is 98.7 cm³/mol. The highest BCUT2D eigenvalue weighted by Gasteiger charge is 2.54. The largest absolute Gasteiger partial charge is 0.469 e. The summed E-state index contributed by atoms with van der Waals surface area (Å²) in [5, 5.41) is 0. The number of amides is 1. The van der Waals surface area contributed by atoms with Gasteiger partial charge in [0.2, 0.25) is 0 Å². The highest BCUT2D eigenvalue weighted by atomic mass is 16.6. The van der Waals surface area contributed by atoms with Crippen molar-refractivity contribution in [3.63, 3.8) is 0 Å². The molecule has 2 heterocycles. The van der Waals surface area contributed by atoms with Gasteiger partial charge in [-0.25, -0.2) is 4.79 Å². The van der Waals surface area contributed by atoms with Crippen LogP contribution in [0.15, 0.2) is 30.3 Å². The van der Waals surface area contributed by atoms with E-state index in [-0.39, 0.29) is 24.1 Å². The van der Waals surface area contributed by atoms with E-state index in [1.807, 2.05) is 56.0 Å². The minimum absolute atomic E-state index is 0.0337. The molecule has 0 aliphatic carbocycles. The monoisotopic (exact) mass is 359 g/mol. The summed E-state index contributed by atoms with van der Waals surface area (Å²) in [6.45, 7) is 5.64. The van der Waals surface area contributed by atoms with E-state index in [0.717, 1.165) is 18.4 Å². The molecule has 2 fully saturated rings. The molecular weight excluding hydrogens is 330 g/mol. The molecule has 0 aromatic heterocycles. The molecule has 2 aliphatic rings. The number of benzene rings is 1. The van der Waals surface area contributed by atoms with Gasteiger partial charge in [0, 0.05) is 12.1 Å². The molecule has 142 valence electrons. The number of ether oxygens (including phenoxy) is 2. The van der Waals surface area contributed by atoms with Crippen LogP contribution in [0.2, 0.25) is 0 Å². The van der Waals surface area contributed by atoms with E-state index in [4.69, 9.17) is 9.47 Å². The second-order valence-electron chi connectivity index (χ2n) is 8.62. The van der Waals surface area contributed by atoms with Crippen molar-refractivity contribution in [1.29, 1.82) is 0 Å². The predicted octanol–water partition coefficient (Wildman–Crippen LogP) is 3.95. The van der Waals surface area contributed by atoms with Crippen molar-refractivity contribution >= 4 is 12.1 Å². The van der Waals surface area contributed by atoms with E-state index in [1.54, 1.807) is 0 Å². The molecule has 5 nitrogen and oxygen atoms in total. The van der Waals surface area contributed by atoms with Crippen LogP contribution in [-0.2, 0) is 20.7 Å². The quantitative estimate of drug-likeness (QED) is 0.767. The van der Waals surface area contributed by atoms with E-state index in [2.05, 4.69) is 0 Å². The first-order chi connectivity index (χ1) is 12.2. The molecule has 3 rings (SSSR count). The zero-order valence-electron chi connectivity index (χ0n) is 16.2. The molecule has 1 amide bonds. The summed E-state index contributed by atoms with van der Waals surface area (Å²) in [5.74, 6) is -0.165. The minimum Gasteiger partial charge on any atom is -0.469 e. The highest BCUT2D eigenvalue weighted by molar-refractivity contribution is 5.78. The van der Waals surface area contributed by atoms with Gasteiger partial charge in [-0.05, 0) is 58.4 Å². The van der Waals surface area contributed by atoms with Crippen molar-refractivity contribution in [1.82, 2.24) is 4.90 Å². The Morgan fingerprint density at radius 1 is 1.12 bits per heavy atom. The molecule has 3 atom stereocenters. The first-order valence-corrected chi connectivity index (χ1v) is 9.38. The molecule has 0 saturated carbocycles. The maximum atomic E-state index is 12.8. The average molecular weight is 359 g/mol. The van der Waals surface area contributed by atoms with Gasteiger partial charge >= 0.3 is 12.1 Å². The van der Waals surface area contributed by atoms with E-state index >= 15 is 0 Å². The van der Waals surface area contributed by atoms with Gasteiger partial charge < -0.3 is 14.4 Å². The van der Waals surface area contributed by atoms with Gasteiger partial charge in [0.1, 0.15) is 5.60 Å². The Morgan fingerprint density at radius 3 is 2.19 bits per heavy atom. The van der Waals surface area contributed by atoms with Crippen LogP contribution >= 0.6 is 0 Å². The van der Waals surface area contributed by atoms with Gasteiger partial charge in [0.15, 0.2) is 0 Å². The lowest BCUT2D eigenvalue weighted by Crippen LogP contribution is -2.54. The lowest BCUT2D eigenvalue weighted by molar-refractivity contribution is -0.157. The number of piperidine rings is 1. The normalized spacial score (nSPS) is 27.9. The third-order valence-corrected chi connectivity index (χ3v) is 5.48. The smallest absolute Gasteiger partial charge is 0.410 e. The molecule has 2 aliphatic heterocycles. The number of carbonyl (C=O) groups is 2. The summed E-state index contributed by atoms with van der Waals surface area (Å²) in [7, 11) is 1.46. The first kappa shape index (κ1) is 18.7. The molecule has 1 aromatic rings. The van der Waals surface area contributed by atoms with Crippen LogP contribution in [0.1, 0.15) is 52.0 Å². The maximum Gasteiger partial charge on any atom is 0.410 e. The van der Waals surface area contributed by atoms with Crippen molar-refractivity contribution in [2.75, 3.05) is 7.11 Å². The van der Waals surface area contributed by atoms with Crippen molar-refractivity contribution in [2.45, 2.75) is 70.6 Å². The minimum atomic E-state index is -0.569. The van der Waals surface area contributed by atoms with Crippen LogP contribution in [0.5, 0.6) is 0 Å². The van der Waals surface area contributed by atoms with Crippen LogP contribution in [0.25, 0.3) is 0 Å². The fourth-order valence-electron chi connectivity index (χ4n) is 4.55. The summed E-state index contributed by atoms with van der Waals surface area (Å²) in [5.41, 5.74) is 0.0424. The Labute approximate surface area is 155 Å². The van der Waals surface area contributed by atoms with Crippen molar-refractivity contribution in [3.05, 3.63) is 35.9 Å². The Hall–Kier alpha value is -2.04. The maximum absolute atomic E-state index is 12.8. The zero-order valence-corrected chi connectivity index (χ0v) is 16.2. The number of rotatable bonds is 3.